The fraction of sp³-hybridized carbons (Fsp3) is 0.0952. The number of hydrogen-bond acceptors (Lipinski definition) is 4. The van der Waals surface area contributed by atoms with E-state index in [9.17, 15) is 13.2 Å². The second kappa shape index (κ2) is 8.98. The molecule has 0 fully saturated rings. The van der Waals surface area contributed by atoms with Crippen molar-refractivity contribution in [3.05, 3.63) is 83.9 Å². The van der Waals surface area contributed by atoms with Gasteiger partial charge in [0, 0.05) is 17.8 Å². The average molecular weight is 431 g/mol. The van der Waals surface area contributed by atoms with E-state index >= 15 is 0 Å². The van der Waals surface area contributed by atoms with Crippen molar-refractivity contribution in [3.63, 3.8) is 0 Å². The van der Waals surface area contributed by atoms with Gasteiger partial charge in [-0.15, -0.1) is 0 Å². The Bertz CT molecular complexity index is 1070. The Labute approximate surface area is 174 Å². The van der Waals surface area contributed by atoms with Crippen molar-refractivity contribution < 1.29 is 17.9 Å². The number of anilines is 2. The third kappa shape index (κ3) is 5.28. The molecular formula is C21H19ClN2O4S. The van der Waals surface area contributed by atoms with E-state index in [2.05, 4.69) is 5.32 Å². The van der Waals surface area contributed by atoms with Crippen LogP contribution in [0.1, 0.15) is 0 Å². The molecule has 3 rings (SSSR count). The van der Waals surface area contributed by atoms with Crippen molar-refractivity contribution in [2.45, 2.75) is 4.90 Å². The van der Waals surface area contributed by atoms with Gasteiger partial charge in [0.1, 0.15) is 5.75 Å². The smallest absolute Gasteiger partial charge is 0.264 e. The van der Waals surface area contributed by atoms with Crippen LogP contribution < -0.4 is 14.4 Å². The van der Waals surface area contributed by atoms with Crippen molar-refractivity contribution in [2.24, 2.45) is 0 Å². The largest absolute Gasteiger partial charge is 0.484 e. The number of carbonyl (C=O) groups excluding carboxylic acids is 1. The highest BCUT2D eigenvalue weighted by Crippen LogP contribution is 2.25. The zero-order chi connectivity index (χ0) is 20.9. The van der Waals surface area contributed by atoms with E-state index in [-0.39, 0.29) is 17.4 Å². The number of nitrogens with one attached hydrogen (secondary N) is 1. The summed E-state index contributed by atoms with van der Waals surface area (Å²) in [5.74, 6) is 0.164. The molecule has 1 amide bonds. The molecule has 0 aliphatic rings. The molecule has 0 atom stereocenters. The summed E-state index contributed by atoms with van der Waals surface area (Å²) in [5.41, 5.74) is 1.14. The number of amides is 1. The maximum atomic E-state index is 12.7. The predicted molar refractivity (Wildman–Crippen MR) is 114 cm³/mol. The third-order valence-corrected chi connectivity index (χ3v) is 6.15. The molecule has 0 aromatic heterocycles. The minimum atomic E-state index is -3.71. The summed E-state index contributed by atoms with van der Waals surface area (Å²) in [5, 5.41) is 3.19. The summed E-state index contributed by atoms with van der Waals surface area (Å²) in [6.07, 6.45) is 0. The summed E-state index contributed by atoms with van der Waals surface area (Å²) in [4.78, 5) is 12.1. The number of para-hydroxylation sites is 1. The quantitative estimate of drug-likeness (QED) is 0.610. The Morgan fingerprint density at radius 2 is 1.59 bits per heavy atom. The zero-order valence-corrected chi connectivity index (χ0v) is 17.2. The monoisotopic (exact) mass is 430 g/mol. The van der Waals surface area contributed by atoms with Crippen LogP contribution in [0.2, 0.25) is 5.02 Å². The summed E-state index contributed by atoms with van der Waals surface area (Å²) in [6.45, 7) is -0.160. The molecule has 0 saturated carbocycles. The van der Waals surface area contributed by atoms with Gasteiger partial charge in [0.05, 0.1) is 10.6 Å². The van der Waals surface area contributed by atoms with E-state index < -0.39 is 10.0 Å². The number of benzene rings is 3. The van der Waals surface area contributed by atoms with Crippen molar-refractivity contribution in [1.82, 2.24) is 0 Å². The van der Waals surface area contributed by atoms with Crippen LogP contribution in [0, 0.1) is 0 Å². The molecule has 6 nitrogen and oxygen atoms in total. The van der Waals surface area contributed by atoms with Gasteiger partial charge in [0.15, 0.2) is 6.61 Å². The summed E-state index contributed by atoms with van der Waals surface area (Å²) < 4.78 is 32.1. The van der Waals surface area contributed by atoms with Gasteiger partial charge in [-0.1, -0.05) is 29.8 Å². The van der Waals surface area contributed by atoms with Gasteiger partial charge in [-0.25, -0.2) is 8.42 Å². The summed E-state index contributed by atoms with van der Waals surface area (Å²) in [7, 11) is -2.25. The molecule has 29 heavy (non-hydrogen) atoms. The molecule has 3 aromatic rings. The van der Waals surface area contributed by atoms with E-state index in [1.807, 2.05) is 18.2 Å². The average Bonchev–Trinajstić information content (AvgIpc) is 2.73. The fourth-order valence-corrected chi connectivity index (χ4v) is 3.84. The first-order chi connectivity index (χ1) is 13.9. The lowest BCUT2D eigenvalue weighted by Crippen LogP contribution is -2.26. The molecule has 0 aliphatic heterocycles. The molecule has 0 saturated heterocycles. The van der Waals surface area contributed by atoms with E-state index in [0.717, 1.165) is 0 Å². The Balaban J connectivity index is 1.62. The Hall–Kier alpha value is -3.03. The van der Waals surface area contributed by atoms with E-state index in [1.54, 1.807) is 36.4 Å². The number of ether oxygens (including phenoxy) is 1. The van der Waals surface area contributed by atoms with Gasteiger partial charge >= 0.3 is 0 Å². The Morgan fingerprint density at radius 3 is 2.21 bits per heavy atom. The fourth-order valence-electron chi connectivity index (χ4n) is 2.52. The first kappa shape index (κ1) is 20.7. The molecular weight excluding hydrogens is 412 g/mol. The van der Waals surface area contributed by atoms with Gasteiger partial charge in [0.25, 0.3) is 15.9 Å². The van der Waals surface area contributed by atoms with Crippen LogP contribution in [0.25, 0.3) is 0 Å². The van der Waals surface area contributed by atoms with Gasteiger partial charge < -0.3 is 10.1 Å². The van der Waals surface area contributed by atoms with Gasteiger partial charge in [0.2, 0.25) is 0 Å². The number of nitrogens with zero attached hydrogens (tertiary/aromatic N) is 1. The van der Waals surface area contributed by atoms with Crippen LogP contribution in [-0.2, 0) is 14.8 Å². The highest BCUT2D eigenvalue weighted by atomic mass is 35.5. The zero-order valence-electron chi connectivity index (χ0n) is 15.6. The van der Waals surface area contributed by atoms with Crippen LogP contribution in [0.4, 0.5) is 11.4 Å². The highest BCUT2D eigenvalue weighted by molar-refractivity contribution is 7.92. The second-order valence-corrected chi connectivity index (χ2v) is 8.53. The van der Waals surface area contributed by atoms with Crippen molar-refractivity contribution >= 4 is 38.9 Å². The molecule has 0 spiro atoms. The first-order valence-corrected chi connectivity index (χ1v) is 10.5. The number of carbonyl (C=O) groups is 1. The second-order valence-electron chi connectivity index (χ2n) is 6.12. The molecule has 8 heteroatoms. The topological polar surface area (TPSA) is 75.7 Å². The summed E-state index contributed by atoms with van der Waals surface area (Å²) in [6, 6.07) is 21.5. The normalized spacial score (nSPS) is 11.0. The van der Waals surface area contributed by atoms with E-state index in [1.165, 1.54) is 35.6 Å². The highest BCUT2D eigenvalue weighted by Gasteiger charge is 2.21. The molecule has 0 radical (unpaired) electrons. The lowest BCUT2D eigenvalue weighted by Gasteiger charge is -2.20. The van der Waals surface area contributed by atoms with Gasteiger partial charge in [-0.05, 0) is 60.7 Å². The van der Waals surface area contributed by atoms with Crippen LogP contribution in [-0.4, -0.2) is 28.0 Å². The minimum absolute atomic E-state index is 0.141. The third-order valence-electron chi connectivity index (χ3n) is 4.10. The molecule has 0 bridgehead atoms. The lowest BCUT2D eigenvalue weighted by atomic mass is 10.3. The Kier molecular flexibility index (Phi) is 6.41. The van der Waals surface area contributed by atoms with Crippen molar-refractivity contribution in [2.75, 3.05) is 23.3 Å². The number of hydrogen-bond donors (Lipinski definition) is 1. The van der Waals surface area contributed by atoms with Crippen LogP contribution >= 0.6 is 11.6 Å². The number of rotatable bonds is 7. The van der Waals surface area contributed by atoms with E-state index in [4.69, 9.17) is 16.3 Å². The van der Waals surface area contributed by atoms with Crippen molar-refractivity contribution in [1.29, 1.82) is 0 Å². The van der Waals surface area contributed by atoms with Crippen LogP contribution in [0.5, 0.6) is 5.75 Å². The molecule has 1 N–H and O–H groups in total. The van der Waals surface area contributed by atoms with Crippen LogP contribution in [0.15, 0.2) is 83.8 Å². The molecule has 0 unspecified atom stereocenters. The van der Waals surface area contributed by atoms with Crippen LogP contribution in [0.3, 0.4) is 0 Å². The number of halogens is 1. The first-order valence-electron chi connectivity index (χ1n) is 8.68. The minimum Gasteiger partial charge on any atom is -0.484 e. The van der Waals surface area contributed by atoms with E-state index in [0.29, 0.717) is 22.1 Å². The number of sulfonamides is 1. The van der Waals surface area contributed by atoms with Crippen molar-refractivity contribution in [3.8, 4) is 5.75 Å². The SMILES string of the molecule is CN(c1ccc(OCC(=O)Nc2ccccc2)cc1)S(=O)(=O)c1ccc(Cl)cc1. The predicted octanol–water partition coefficient (Wildman–Crippen LogP) is 4.18. The maximum absolute atomic E-state index is 12.7. The molecule has 0 heterocycles. The molecule has 3 aromatic carbocycles. The van der Waals surface area contributed by atoms with Gasteiger partial charge in [-0.3, -0.25) is 9.10 Å². The maximum Gasteiger partial charge on any atom is 0.264 e. The summed E-state index contributed by atoms with van der Waals surface area (Å²) >= 11 is 5.82. The molecule has 150 valence electrons. The standard InChI is InChI=1S/C21H19ClN2O4S/c1-24(29(26,27)20-13-7-16(22)8-14-20)18-9-11-19(12-10-18)28-15-21(25)23-17-5-3-2-4-6-17/h2-14H,15H2,1H3,(H,23,25). The molecule has 0 aliphatic carbocycles. The van der Waals surface area contributed by atoms with Gasteiger partial charge in [-0.2, -0.15) is 0 Å². The lowest BCUT2D eigenvalue weighted by molar-refractivity contribution is -0.118. The Morgan fingerprint density at radius 1 is 0.966 bits per heavy atom.